The van der Waals surface area contributed by atoms with Crippen LogP contribution in [0.2, 0.25) is 0 Å². The van der Waals surface area contributed by atoms with Gasteiger partial charge in [0.1, 0.15) is 0 Å². The third-order valence-corrected chi connectivity index (χ3v) is 5.25. The molecule has 3 unspecified atom stereocenters. The molecule has 2 saturated carbocycles. The van der Waals surface area contributed by atoms with Crippen LogP contribution < -0.4 is 5.32 Å². The van der Waals surface area contributed by atoms with Gasteiger partial charge >= 0.3 is 0 Å². The van der Waals surface area contributed by atoms with E-state index in [1.54, 1.807) is 0 Å². The highest BCUT2D eigenvalue weighted by Crippen LogP contribution is 2.43. The van der Waals surface area contributed by atoms with Gasteiger partial charge in [-0.15, -0.1) is 0 Å². The van der Waals surface area contributed by atoms with Gasteiger partial charge in [-0.1, -0.05) is 33.6 Å². The summed E-state index contributed by atoms with van der Waals surface area (Å²) in [4.78, 5) is 0. The quantitative estimate of drug-likeness (QED) is 0.766. The van der Waals surface area contributed by atoms with Gasteiger partial charge in [-0.2, -0.15) is 0 Å². The molecule has 1 N–H and O–H groups in total. The fraction of sp³-hybridized carbons (Fsp3) is 1.00. The largest absolute Gasteiger partial charge is 0.314 e. The predicted octanol–water partition coefficient (Wildman–Crippen LogP) is 3.84. The van der Waals surface area contributed by atoms with E-state index < -0.39 is 0 Å². The highest BCUT2D eigenvalue weighted by molar-refractivity contribution is 4.91. The van der Waals surface area contributed by atoms with Crippen LogP contribution in [0, 0.1) is 23.7 Å². The topological polar surface area (TPSA) is 12.0 Å². The van der Waals surface area contributed by atoms with Crippen LogP contribution >= 0.6 is 0 Å². The summed E-state index contributed by atoms with van der Waals surface area (Å²) in [7, 11) is 0. The van der Waals surface area contributed by atoms with Gasteiger partial charge in [-0.25, -0.2) is 0 Å². The van der Waals surface area contributed by atoms with Crippen molar-refractivity contribution in [2.45, 2.75) is 65.3 Å². The lowest BCUT2D eigenvalue weighted by Crippen LogP contribution is -2.34. The second-order valence-electron chi connectivity index (χ2n) is 6.28. The Hall–Kier alpha value is -0.0400. The summed E-state index contributed by atoms with van der Waals surface area (Å²) < 4.78 is 0. The summed E-state index contributed by atoms with van der Waals surface area (Å²) in [5.74, 6) is 3.99. The molecule has 1 heteroatoms. The van der Waals surface area contributed by atoms with Gasteiger partial charge in [0.15, 0.2) is 0 Å². The highest BCUT2D eigenvalue weighted by atomic mass is 14.9. The van der Waals surface area contributed by atoms with Crippen molar-refractivity contribution in [3.8, 4) is 0 Å². The molecular formula is C15H29N. The molecule has 2 aliphatic carbocycles. The molecule has 0 amide bonds. The molecule has 0 heterocycles. The molecule has 1 nitrogen and oxygen atoms in total. The second-order valence-corrected chi connectivity index (χ2v) is 6.28. The molecule has 2 aliphatic rings. The minimum Gasteiger partial charge on any atom is -0.314 e. The summed E-state index contributed by atoms with van der Waals surface area (Å²) in [5, 5.41) is 3.67. The van der Waals surface area contributed by atoms with Gasteiger partial charge in [0.25, 0.3) is 0 Å². The lowest BCUT2D eigenvalue weighted by atomic mass is 9.73. The Morgan fingerprint density at radius 3 is 2.25 bits per heavy atom. The third-order valence-electron chi connectivity index (χ3n) is 5.25. The summed E-state index contributed by atoms with van der Waals surface area (Å²) in [6.07, 6.45) is 8.90. The second kappa shape index (κ2) is 5.53. The Bertz CT molecular complexity index is 205. The zero-order chi connectivity index (χ0) is 11.5. The van der Waals surface area contributed by atoms with Crippen molar-refractivity contribution in [3.63, 3.8) is 0 Å². The molecule has 3 atom stereocenters. The summed E-state index contributed by atoms with van der Waals surface area (Å²) in [6, 6.07) is 0.814. The van der Waals surface area contributed by atoms with Crippen LogP contribution in [0.25, 0.3) is 0 Å². The van der Waals surface area contributed by atoms with Crippen molar-refractivity contribution in [2.24, 2.45) is 23.7 Å². The molecule has 0 aromatic rings. The van der Waals surface area contributed by atoms with Crippen molar-refractivity contribution in [2.75, 3.05) is 6.54 Å². The first-order valence-corrected chi connectivity index (χ1v) is 7.45. The average molecular weight is 223 g/mol. The maximum Gasteiger partial charge on any atom is 0.00954 e. The summed E-state index contributed by atoms with van der Waals surface area (Å²) in [5.41, 5.74) is 0. The third kappa shape index (κ3) is 2.61. The van der Waals surface area contributed by atoms with Gasteiger partial charge in [0.2, 0.25) is 0 Å². The molecule has 0 aromatic carbocycles. The van der Waals surface area contributed by atoms with Gasteiger partial charge in [0, 0.05) is 6.04 Å². The first-order valence-electron chi connectivity index (χ1n) is 7.45. The van der Waals surface area contributed by atoms with Gasteiger partial charge < -0.3 is 5.32 Å². The molecular weight excluding hydrogens is 194 g/mol. The highest BCUT2D eigenvalue weighted by Gasteiger charge is 2.37. The van der Waals surface area contributed by atoms with Gasteiger partial charge in [0.05, 0.1) is 0 Å². The molecule has 0 bridgehead atoms. The number of hydrogen-bond acceptors (Lipinski definition) is 1. The molecule has 0 spiro atoms. The maximum atomic E-state index is 3.67. The molecule has 94 valence electrons. The minimum atomic E-state index is 0.814. The Balaban J connectivity index is 1.86. The summed E-state index contributed by atoms with van der Waals surface area (Å²) in [6.45, 7) is 8.30. The van der Waals surface area contributed by atoms with Crippen LogP contribution in [0.1, 0.15) is 59.3 Å². The van der Waals surface area contributed by atoms with Crippen LogP contribution in [0.5, 0.6) is 0 Å². The van der Waals surface area contributed by atoms with Crippen molar-refractivity contribution in [1.82, 2.24) is 5.32 Å². The predicted molar refractivity (Wildman–Crippen MR) is 70.5 cm³/mol. The average Bonchev–Trinajstić information content (AvgIpc) is 2.63. The van der Waals surface area contributed by atoms with E-state index in [1.165, 1.54) is 38.5 Å². The lowest BCUT2D eigenvalue weighted by molar-refractivity contribution is 0.176. The van der Waals surface area contributed by atoms with Crippen molar-refractivity contribution in [1.29, 1.82) is 0 Å². The van der Waals surface area contributed by atoms with Crippen LogP contribution in [0.4, 0.5) is 0 Å². The molecule has 2 rings (SSSR count). The Labute approximate surface area is 101 Å². The van der Waals surface area contributed by atoms with Crippen LogP contribution in [-0.4, -0.2) is 12.6 Å². The zero-order valence-corrected chi connectivity index (χ0v) is 11.3. The van der Waals surface area contributed by atoms with Crippen molar-refractivity contribution < 1.29 is 0 Å². The summed E-state index contributed by atoms with van der Waals surface area (Å²) >= 11 is 0. The lowest BCUT2D eigenvalue weighted by Gasteiger charge is -2.34. The smallest absolute Gasteiger partial charge is 0.00954 e. The Morgan fingerprint density at radius 1 is 0.938 bits per heavy atom. The number of hydrogen-bond donors (Lipinski definition) is 1. The van der Waals surface area contributed by atoms with Crippen LogP contribution in [0.3, 0.4) is 0 Å². The van der Waals surface area contributed by atoms with E-state index in [0.29, 0.717) is 0 Å². The monoisotopic (exact) mass is 223 g/mol. The Kier molecular flexibility index (Phi) is 4.29. The molecule has 0 aliphatic heterocycles. The molecule has 0 saturated heterocycles. The van der Waals surface area contributed by atoms with E-state index in [9.17, 15) is 0 Å². The first-order chi connectivity index (χ1) is 7.72. The van der Waals surface area contributed by atoms with Crippen molar-refractivity contribution >= 4 is 0 Å². The van der Waals surface area contributed by atoms with E-state index in [2.05, 4.69) is 26.1 Å². The normalized spacial score (nSPS) is 44.8. The van der Waals surface area contributed by atoms with Crippen LogP contribution in [0.15, 0.2) is 0 Å². The molecule has 0 radical (unpaired) electrons. The standard InChI is InChI=1S/C15H29N/c1-4-16-15-10-9-14(12(15)3)13-7-5-11(2)6-8-13/h11-16H,4-10H2,1-3H3. The fourth-order valence-electron chi connectivity index (χ4n) is 4.13. The van der Waals surface area contributed by atoms with E-state index in [4.69, 9.17) is 0 Å². The molecule has 2 fully saturated rings. The maximum absolute atomic E-state index is 3.67. The number of rotatable bonds is 3. The van der Waals surface area contributed by atoms with Gasteiger partial charge in [-0.05, 0) is 55.9 Å². The van der Waals surface area contributed by atoms with E-state index in [1.807, 2.05) is 0 Å². The van der Waals surface area contributed by atoms with Crippen LogP contribution in [-0.2, 0) is 0 Å². The van der Waals surface area contributed by atoms with Crippen molar-refractivity contribution in [3.05, 3.63) is 0 Å². The van der Waals surface area contributed by atoms with E-state index in [-0.39, 0.29) is 0 Å². The molecule has 0 aromatic heterocycles. The zero-order valence-electron chi connectivity index (χ0n) is 11.3. The fourth-order valence-corrected chi connectivity index (χ4v) is 4.13. The molecule has 16 heavy (non-hydrogen) atoms. The Morgan fingerprint density at radius 2 is 1.62 bits per heavy atom. The van der Waals surface area contributed by atoms with Gasteiger partial charge in [-0.3, -0.25) is 0 Å². The van der Waals surface area contributed by atoms with E-state index >= 15 is 0 Å². The number of nitrogens with one attached hydrogen (secondary N) is 1. The first kappa shape index (κ1) is 12.4. The minimum absolute atomic E-state index is 0.814. The van der Waals surface area contributed by atoms with E-state index in [0.717, 1.165) is 36.3 Å². The SMILES string of the molecule is CCNC1CCC(C2CCC(C)CC2)C1C.